The standard InChI is InChI=1S/C19H16O8/c20-10-1-2-14(15(23)6-10)19(26)18-9(3-11(21)7-16(18)24)4-13-5-12(22)8-17(25)27-13/h3,5,7-8,14,21-22,24H,1-2,4,6H2. The molecule has 1 fully saturated rings. The van der Waals surface area contributed by atoms with E-state index in [1.54, 1.807) is 0 Å². The van der Waals surface area contributed by atoms with Crippen molar-refractivity contribution in [3.63, 3.8) is 0 Å². The number of benzene rings is 1. The summed E-state index contributed by atoms with van der Waals surface area (Å²) in [6.07, 6.45) is -0.367. The highest BCUT2D eigenvalue weighted by molar-refractivity contribution is 6.17. The minimum atomic E-state index is -1.06. The number of phenols is 2. The molecule has 1 saturated carbocycles. The molecule has 0 aliphatic heterocycles. The molecular weight excluding hydrogens is 356 g/mol. The Balaban J connectivity index is 2.02. The van der Waals surface area contributed by atoms with Gasteiger partial charge in [-0.1, -0.05) is 0 Å². The van der Waals surface area contributed by atoms with E-state index in [1.165, 1.54) is 12.1 Å². The molecule has 1 aliphatic carbocycles. The molecule has 1 aromatic heterocycles. The minimum Gasteiger partial charge on any atom is -0.508 e. The van der Waals surface area contributed by atoms with Crippen LogP contribution in [0.15, 0.2) is 33.5 Å². The van der Waals surface area contributed by atoms with Crippen LogP contribution in [-0.2, 0) is 16.0 Å². The number of rotatable bonds is 4. The monoisotopic (exact) mass is 372 g/mol. The highest BCUT2D eigenvalue weighted by Gasteiger charge is 2.35. The van der Waals surface area contributed by atoms with Gasteiger partial charge in [-0.05, 0) is 18.1 Å². The number of hydrogen-bond acceptors (Lipinski definition) is 8. The lowest BCUT2D eigenvalue weighted by molar-refractivity contribution is -0.131. The predicted octanol–water partition coefficient (Wildman–Crippen LogP) is 1.47. The number of aromatic hydroxyl groups is 3. The van der Waals surface area contributed by atoms with E-state index >= 15 is 0 Å². The van der Waals surface area contributed by atoms with Crippen molar-refractivity contribution >= 4 is 17.3 Å². The Labute approximate surface area is 152 Å². The second-order valence-electron chi connectivity index (χ2n) is 6.41. The van der Waals surface area contributed by atoms with Crippen LogP contribution in [0.2, 0.25) is 0 Å². The van der Waals surface area contributed by atoms with Gasteiger partial charge in [0.05, 0.1) is 24.0 Å². The third-order valence-electron chi connectivity index (χ3n) is 4.39. The molecule has 1 unspecified atom stereocenters. The first-order valence-corrected chi connectivity index (χ1v) is 8.21. The zero-order valence-electron chi connectivity index (χ0n) is 14.1. The van der Waals surface area contributed by atoms with E-state index in [1.807, 2.05) is 0 Å². The first-order chi connectivity index (χ1) is 12.7. The molecule has 0 radical (unpaired) electrons. The molecule has 8 nitrogen and oxygen atoms in total. The van der Waals surface area contributed by atoms with Gasteiger partial charge in [-0.15, -0.1) is 0 Å². The van der Waals surface area contributed by atoms with Crippen molar-refractivity contribution in [1.82, 2.24) is 0 Å². The van der Waals surface area contributed by atoms with Gasteiger partial charge >= 0.3 is 5.63 Å². The lowest BCUT2D eigenvalue weighted by Crippen LogP contribution is -2.31. The number of hydrogen-bond donors (Lipinski definition) is 3. The van der Waals surface area contributed by atoms with Crippen LogP contribution in [0.25, 0.3) is 0 Å². The molecule has 2 aromatic rings. The second-order valence-corrected chi connectivity index (χ2v) is 6.41. The molecule has 3 rings (SSSR count). The molecule has 0 amide bonds. The van der Waals surface area contributed by atoms with Crippen molar-refractivity contribution < 1.29 is 34.1 Å². The summed E-state index contributed by atoms with van der Waals surface area (Å²) in [6, 6.07) is 4.21. The van der Waals surface area contributed by atoms with Gasteiger partial charge in [-0.25, -0.2) is 4.79 Å². The summed E-state index contributed by atoms with van der Waals surface area (Å²) in [6.45, 7) is 0. The fourth-order valence-corrected chi connectivity index (χ4v) is 3.21. The quantitative estimate of drug-likeness (QED) is 0.541. The van der Waals surface area contributed by atoms with Gasteiger partial charge in [0, 0.05) is 25.0 Å². The van der Waals surface area contributed by atoms with Gasteiger partial charge in [-0.3, -0.25) is 14.4 Å². The van der Waals surface area contributed by atoms with Gasteiger partial charge < -0.3 is 19.7 Å². The summed E-state index contributed by atoms with van der Waals surface area (Å²) < 4.78 is 4.96. The van der Waals surface area contributed by atoms with Crippen molar-refractivity contribution in [2.24, 2.45) is 5.92 Å². The number of carbonyl (C=O) groups is 3. The molecule has 1 aliphatic rings. The van der Waals surface area contributed by atoms with Crippen molar-refractivity contribution in [1.29, 1.82) is 0 Å². The Hall–Kier alpha value is -3.42. The molecule has 1 heterocycles. The second kappa shape index (κ2) is 7.06. The van der Waals surface area contributed by atoms with Crippen LogP contribution in [0, 0.1) is 5.92 Å². The number of ketones is 3. The Morgan fingerprint density at radius 1 is 1.04 bits per heavy atom. The van der Waals surface area contributed by atoms with Crippen molar-refractivity contribution in [3.05, 3.63) is 51.6 Å². The van der Waals surface area contributed by atoms with Crippen LogP contribution < -0.4 is 5.63 Å². The molecule has 0 saturated heterocycles. The summed E-state index contributed by atoms with van der Waals surface area (Å²) in [7, 11) is 0. The van der Waals surface area contributed by atoms with Crippen LogP contribution in [0.1, 0.15) is 40.9 Å². The fraction of sp³-hybridized carbons (Fsp3) is 0.263. The van der Waals surface area contributed by atoms with Crippen molar-refractivity contribution in [2.75, 3.05) is 0 Å². The summed E-state index contributed by atoms with van der Waals surface area (Å²) in [5, 5.41) is 29.5. The maximum Gasteiger partial charge on any atom is 0.339 e. The zero-order valence-corrected chi connectivity index (χ0v) is 14.1. The van der Waals surface area contributed by atoms with Gasteiger partial charge in [0.25, 0.3) is 0 Å². The lowest BCUT2D eigenvalue weighted by Gasteiger charge is -2.20. The fourth-order valence-electron chi connectivity index (χ4n) is 3.21. The Morgan fingerprint density at radius 2 is 1.74 bits per heavy atom. The lowest BCUT2D eigenvalue weighted by atomic mass is 9.80. The molecule has 27 heavy (non-hydrogen) atoms. The third kappa shape index (κ3) is 3.89. The largest absolute Gasteiger partial charge is 0.508 e. The van der Waals surface area contributed by atoms with Gasteiger partial charge in [0.1, 0.15) is 28.8 Å². The highest BCUT2D eigenvalue weighted by atomic mass is 16.4. The maximum atomic E-state index is 12.9. The van der Waals surface area contributed by atoms with Crippen molar-refractivity contribution in [2.45, 2.75) is 25.7 Å². The van der Waals surface area contributed by atoms with E-state index in [4.69, 9.17) is 4.42 Å². The number of phenolic OH excluding ortho intramolecular Hbond substituents is 2. The van der Waals surface area contributed by atoms with E-state index in [-0.39, 0.29) is 59.9 Å². The number of carbonyl (C=O) groups excluding carboxylic acids is 3. The highest BCUT2D eigenvalue weighted by Crippen LogP contribution is 2.33. The van der Waals surface area contributed by atoms with E-state index in [2.05, 4.69) is 0 Å². The summed E-state index contributed by atoms with van der Waals surface area (Å²) >= 11 is 0. The van der Waals surface area contributed by atoms with Crippen LogP contribution in [0.4, 0.5) is 0 Å². The van der Waals surface area contributed by atoms with Gasteiger partial charge in [0.15, 0.2) is 11.6 Å². The summed E-state index contributed by atoms with van der Waals surface area (Å²) in [4.78, 5) is 47.8. The average Bonchev–Trinajstić information content (AvgIpc) is 2.52. The molecular formula is C19H16O8. The molecule has 1 aromatic carbocycles. The van der Waals surface area contributed by atoms with Gasteiger partial charge in [0.2, 0.25) is 0 Å². The summed E-state index contributed by atoms with van der Waals surface area (Å²) in [5.41, 5.74) is -0.870. The Bertz CT molecular complexity index is 1000. The van der Waals surface area contributed by atoms with Crippen LogP contribution in [-0.4, -0.2) is 32.7 Å². The molecule has 0 spiro atoms. The first kappa shape index (κ1) is 18.4. The molecule has 8 heteroatoms. The van der Waals surface area contributed by atoms with E-state index in [0.29, 0.717) is 0 Å². The molecule has 0 bridgehead atoms. The van der Waals surface area contributed by atoms with Crippen LogP contribution >= 0.6 is 0 Å². The average molecular weight is 372 g/mol. The molecule has 140 valence electrons. The van der Waals surface area contributed by atoms with E-state index < -0.39 is 28.9 Å². The molecule has 1 atom stereocenters. The SMILES string of the molecule is O=C1CCC(C(=O)c2c(O)cc(O)cc2Cc2cc(O)cc(=O)o2)C(=O)C1. The van der Waals surface area contributed by atoms with E-state index in [9.17, 15) is 34.5 Å². The first-order valence-electron chi connectivity index (χ1n) is 8.21. The van der Waals surface area contributed by atoms with Crippen LogP contribution in [0.5, 0.6) is 17.2 Å². The summed E-state index contributed by atoms with van der Waals surface area (Å²) in [5.74, 6) is -3.66. The third-order valence-corrected chi connectivity index (χ3v) is 4.39. The topological polar surface area (TPSA) is 142 Å². The van der Waals surface area contributed by atoms with Gasteiger partial charge in [-0.2, -0.15) is 0 Å². The number of Topliss-reactive ketones (excluding diaryl/α,β-unsaturated/α-hetero) is 3. The predicted molar refractivity (Wildman–Crippen MR) is 90.9 cm³/mol. The minimum absolute atomic E-state index is 0.00389. The molecule has 3 N–H and O–H groups in total. The normalized spacial score (nSPS) is 17.1. The zero-order chi connectivity index (χ0) is 19.7. The van der Waals surface area contributed by atoms with E-state index in [0.717, 1.165) is 12.1 Å². The Morgan fingerprint density at radius 3 is 2.41 bits per heavy atom. The smallest absolute Gasteiger partial charge is 0.339 e. The van der Waals surface area contributed by atoms with Crippen molar-refractivity contribution in [3.8, 4) is 17.2 Å². The maximum absolute atomic E-state index is 12.9. The van der Waals surface area contributed by atoms with Crippen LogP contribution in [0.3, 0.4) is 0 Å². The Kier molecular flexibility index (Phi) is 4.81.